The summed E-state index contributed by atoms with van der Waals surface area (Å²) in [7, 11) is -3.66. The highest BCUT2D eigenvalue weighted by Gasteiger charge is 2.13. The van der Waals surface area contributed by atoms with Gasteiger partial charge in [0, 0.05) is 6.08 Å². The summed E-state index contributed by atoms with van der Waals surface area (Å²) in [6.45, 7) is -0.261. The maximum atomic E-state index is 12.1. The molecular weight excluding hydrogens is 332 g/mol. The van der Waals surface area contributed by atoms with Crippen molar-refractivity contribution in [1.29, 1.82) is 5.26 Å². The monoisotopic (exact) mass is 346 g/mol. The molecule has 0 fully saturated rings. The predicted molar refractivity (Wildman–Crippen MR) is 84.8 cm³/mol. The van der Waals surface area contributed by atoms with Gasteiger partial charge < -0.3 is 9.15 Å². The van der Waals surface area contributed by atoms with Gasteiger partial charge in [-0.25, -0.2) is 17.9 Å². The van der Waals surface area contributed by atoms with Gasteiger partial charge in [0.05, 0.1) is 17.7 Å². The summed E-state index contributed by atoms with van der Waals surface area (Å²) in [5.74, 6) is -0.137. The van der Waals surface area contributed by atoms with E-state index in [-0.39, 0.29) is 18.0 Å². The summed E-state index contributed by atoms with van der Waals surface area (Å²) < 4.78 is 36.3. The number of rotatable bonds is 7. The smallest absolute Gasteiger partial charge is 0.331 e. The lowest BCUT2D eigenvalue weighted by Crippen LogP contribution is -2.22. The Morgan fingerprint density at radius 1 is 1.29 bits per heavy atom. The van der Waals surface area contributed by atoms with Crippen LogP contribution in [0.15, 0.2) is 58.1 Å². The zero-order valence-corrected chi connectivity index (χ0v) is 13.3. The van der Waals surface area contributed by atoms with Crippen LogP contribution in [-0.2, 0) is 26.1 Å². The maximum Gasteiger partial charge on any atom is 0.331 e. The number of esters is 1. The first-order valence-electron chi connectivity index (χ1n) is 6.85. The number of sulfonamides is 1. The van der Waals surface area contributed by atoms with E-state index in [1.165, 1.54) is 24.5 Å². The summed E-state index contributed by atoms with van der Waals surface area (Å²) in [5.41, 5.74) is 0.619. The van der Waals surface area contributed by atoms with Crippen LogP contribution >= 0.6 is 0 Å². The van der Waals surface area contributed by atoms with Gasteiger partial charge in [0.2, 0.25) is 10.0 Å². The van der Waals surface area contributed by atoms with Gasteiger partial charge in [-0.05, 0) is 35.9 Å². The van der Waals surface area contributed by atoms with Crippen LogP contribution in [0.2, 0.25) is 0 Å². The maximum absolute atomic E-state index is 12.1. The van der Waals surface area contributed by atoms with E-state index >= 15 is 0 Å². The number of hydrogen-bond donors (Lipinski definition) is 1. The van der Waals surface area contributed by atoms with Crippen LogP contribution in [0.25, 0.3) is 6.08 Å². The highest BCUT2D eigenvalue weighted by molar-refractivity contribution is 7.89. The molecule has 1 aromatic carbocycles. The molecule has 2 aromatic rings. The molecule has 2 rings (SSSR count). The molecule has 1 aromatic heterocycles. The van der Waals surface area contributed by atoms with E-state index < -0.39 is 16.0 Å². The van der Waals surface area contributed by atoms with Gasteiger partial charge in [0.25, 0.3) is 0 Å². The topological polar surface area (TPSA) is 109 Å². The second-order valence-corrected chi connectivity index (χ2v) is 6.34. The molecule has 0 amide bonds. The van der Waals surface area contributed by atoms with Crippen molar-refractivity contribution in [1.82, 2.24) is 4.72 Å². The summed E-state index contributed by atoms with van der Waals surface area (Å²) in [6, 6.07) is 11.0. The molecule has 0 atom stereocenters. The normalized spacial score (nSPS) is 11.3. The van der Waals surface area contributed by atoms with Gasteiger partial charge in [-0.3, -0.25) is 0 Å². The van der Waals surface area contributed by atoms with Gasteiger partial charge in [-0.2, -0.15) is 5.26 Å². The fourth-order valence-corrected chi connectivity index (χ4v) is 2.73. The summed E-state index contributed by atoms with van der Waals surface area (Å²) >= 11 is 0. The van der Waals surface area contributed by atoms with E-state index in [1.54, 1.807) is 30.3 Å². The molecule has 0 bridgehead atoms. The number of ether oxygens (including phenoxy) is 1. The third-order valence-electron chi connectivity index (χ3n) is 2.90. The van der Waals surface area contributed by atoms with Crippen molar-refractivity contribution in [2.24, 2.45) is 0 Å². The van der Waals surface area contributed by atoms with Crippen LogP contribution in [0.4, 0.5) is 0 Å². The Labute approximate surface area is 139 Å². The number of carbonyl (C=O) groups excluding carboxylic acids is 1. The van der Waals surface area contributed by atoms with Crippen LogP contribution in [-0.4, -0.2) is 21.0 Å². The predicted octanol–water partition coefficient (Wildman–Crippen LogP) is 1.84. The molecule has 0 aliphatic heterocycles. The average Bonchev–Trinajstić information content (AvgIpc) is 3.10. The Morgan fingerprint density at radius 2 is 2.04 bits per heavy atom. The first kappa shape index (κ1) is 17.5. The number of nitrogens with one attached hydrogen (secondary N) is 1. The number of hydrogen-bond acceptors (Lipinski definition) is 6. The van der Waals surface area contributed by atoms with Gasteiger partial charge in [0.1, 0.15) is 11.8 Å². The molecule has 8 heteroatoms. The molecule has 24 heavy (non-hydrogen) atoms. The van der Waals surface area contributed by atoms with Crippen LogP contribution in [0.5, 0.6) is 0 Å². The minimum absolute atomic E-state index is 0.0573. The van der Waals surface area contributed by atoms with E-state index in [0.717, 1.165) is 6.08 Å². The van der Waals surface area contributed by atoms with Crippen molar-refractivity contribution in [2.45, 2.75) is 11.4 Å². The fraction of sp³-hybridized carbons (Fsp3) is 0.125. The zero-order valence-electron chi connectivity index (χ0n) is 12.5. The van der Waals surface area contributed by atoms with Crippen molar-refractivity contribution in [3.05, 3.63) is 60.1 Å². The van der Waals surface area contributed by atoms with E-state index in [9.17, 15) is 13.2 Å². The highest BCUT2D eigenvalue weighted by atomic mass is 32.2. The van der Waals surface area contributed by atoms with E-state index in [2.05, 4.69) is 9.46 Å². The average molecular weight is 346 g/mol. The second-order valence-electron chi connectivity index (χ2n) is 4.57. The van der Waals surface area contributed by atoms with Crippen LogP contribution in [0.1, 0.15) is 11.3 Å². The van der Waals surface area contributed by atoms with Crippen LogP contribution in [0.3, 0.4) is 0 Å². The molecule has 0 aliphatic carbocycles. The van der Waals surface area contributed by atoms with E-state index in [4.69, 9.17) is 9.68 Å². The molecule has 1 N–H and O–H groups in total. The molecule has 0 aliphatic rings. The van der Waals surface area contributed by atoms with Gasteiger partial charge in [-0.1, -0.05) is 12.1 Å². The summed E-state index contributed by atoms with van der Waals surface area (Å²) in [6.07, 6.45) is 4.09. The van der Waals surface area contributed by atoms with Gasteiger partial charge in [0.15, 0.2) is 6.61 Å². The lowest BCUT2D eigenvalue weighted by Gasteiger charge is -2.05. The SMILES string of the molecule is N#CCOC(=O)/C=C/c1ccc(S(=O)(=O)NCc2ccco2)cc1. The molecule has 124 valence electrons. The van der Waals surface area contributed by atoms with Gasteiger partial charge in [-0.15, -0.1) is 0 Å². The number of nitrogens with zero attached hydrogens (tertiary/aromatic N) is 1. The second kappa shape index (κ2) is 8.10. The third-order valence-corrected chi connectivity index (χ3v) is 4.31. The Morgan fingerprint density at radius 3 is 2.67 bits per heavy atom. The molecule has 0 saturated carbocycles. The molecule has 0 saturated heterocycles. The van der Waals surface area contributed by atoms with Crippen molar-refractivity contribution in [3.8, 4) is 6.07 Å². The van der Waals surface area contributed by atoms with Crippen molar-refractivity contribution >= 4 is 22.1 Å². The Hall–Kier alpha value is -2.89. The van der Waals surface area contributed by atoms with E-state index in [1.807, 2.05) is 0 Å². The van der Waals surface area contributed by atoms with Crippen molar-refractivity contribution < 1.29 is 22.4 Å². The minimum atomic E-state index is -3.66. The first-order valence-corrected chi connectivity index (χ1v) is 8.33. The largest absolute Gasteiger partial charge is 0.468 e. The molecule has 1 heterocycles. The van der Waals surface area contributed by atoms with Gasteiger partial charge >= 0.3 is 5.97 Å². The number of benzene rings is 1. The Kier molecular flexibility index (Phi) is 5.89. The minimum Gasteiger partial charge on any atom is -0.468 e. The quantitative estimate of drug-likeness (QED) is 0.605. The fourth-order valence-electron chi connectivity index (χ4n) is 1.74. The highest BCUT2D eigenvalue weighted by Crippen LogP contribution is 2.12. The zero-order chi connectivity index (χ0) is 17.4. The molecule has 0 unspecified atom stereocenters. The Balaban J connectivity index is 1.99. The number of carbonyl (C=O) groups is 1. The number of furan rings is 1. The van der Waals surface area contributed by atoms with Crippen LogP contribution in [0, 0.1) is 11.3 Å². The lowest BCUT2D eigenvalue weighted by atomic mass is 10.2. The van der Waals surface area contributed by atoms with Crippen LogP contribution < -0.4 is 4.72 Å². The molecule has 0 spiro atoms. The molecule has 0 radical (unpaired) electrons. The molecular formula is C16H14N2O5S. The van der Waals surface area contributed by atoms with Crippen molar-refractivity contribution in [2.75, 3.05) is 6.61 Å². The first-order chi connectivity index (χ1) is 11.5. The third kappa shape index (κ3) is 5.08. The number of nitriles is 1. The standard InChI is InChI=1S/C16H14N2O5S/c17-9-11-23-16(19)8-5-13-3-6-15(7-4-13)24(20,21)18-12-14-2-1-10-22-14/h1-8,10,18H,11-12H2/b8-5+. The Bertz CT molecular complexity index is 847. The lowest BCUT2D eigenvalue weighted by molar-refractivity contribution is -0.136. The summed E-state index contributed by atoms with van der Waals surface area (Å²) in [4.78, 5) is 11.3. The molecule has 7 nitrogen and oxygen atoms in total. The summed E-state index contributed by atoms with van der Waals surface area (Å²) in [5, 5.41) is 8.29. The van der Waals surface area contributed by atoms with Crippen molar-refractivity contribution in [3.63, 3.8) is 0 Å². The van der Waals surface area contributed by atoms with E-state index in [0.29, 0.717) is 11.3 Å².